The lowest BCUT2D eigenvalue weighted by atomic mass is 10.2. The van der Waals surface area contributed by atoms with Crippen LogP contribution in [0, 0.1) is 0 Å². The summed E-state index contributed by atoms with van der Waals surface area (Å²) in [5.74, 6) is 0.451. The first-order valence-electron chi connectivity index (χ1n) is 4.50. The molecule has 6 heteroatoms. The van der Waals surface area contributed by atoms with Crippen molar-refractivity contribution < 1.29 is 0 Å². The van der Waals surface area contributed by atoms with Crippen LogP contribution < -0.4 is 5.73 Å². The van der Waals surface area contributed by atoms with Gasteiger partial charge in [0.05, 0.1) is 11.1 Å². The molecule has 0 unspecified atom stereocenters. The molecule has 2 aromatic rings. The number of halogens is 1. The zero-order valence-electron chi connectivity index (χ0n) is 7.94. The van der Waals surface area contributed by atoms with Crippen LogP contribution in [-0.2, 0) is 0 Å². The Hall–Kier alpha value is -1.43. The molecule has 0 bridgehead atoms. The number of fused-ring (bicyclic) bond motifs is 1. The number of nitrogens with zero attached hydrogens (tertiary/aromatic N) is 3. The smallest absolute Gasteiger partial charge is 0.186 e. The maximum atomic E-state index is 5.75. The van der Waals surface area contributed by atoms with Gasteiger partial charge in [-0.2, -0.15) is 5.10 Å². The van der Waals surface area contributed by atoms with Gasteiger partial charge in [0.1, 0.15) is 12.1 Å². The molecule has 0 aliphatic rings. The van der Waals surface area contributed by atoms with Gasteiger partial charge < -0.3 is 5.73 Å². The lowest BCUT2D eigenvalue weighted by Crippen LogP contribution is -1.92. The molecule has 2 heterocycles. The molecule has 0 radical (unpaired) electrons. The zero-order chi connectivity index (χ0) is 10.7. The topological polar surface area (TPSA) is 80.5 Å². The highest BCUT2D eigenvalue weighted by Crippen LogP contribution is 2.19. The van der Waals surface area contributed by atoms with Gasteiger partial charge in [-0.15, -0.1) is 0 Å². The average molecular weight is 268 g/mol. The highest BCUT2D eigenvalue weighted by molar-refractivity contribution is 9.09. The number of allylic oxidation sites excluding steroid dienone is 1. The van der Waals surface area contributed by atoms with Crippen LogP contribution in [0.2, 0.25) is 0 Å². The van der Waals surface area contributed by atoms with Crippen molar-refractivity contribution in [3.63, 3.8) is 0 Å². The molecule has 2 aromatic heterocycles. The molecule has 0 saturated carbocycles. The minimum Gasteiger partial charge on any atom is -0.383 e. The Balaban J connectivity index is 2.44. The third-order valence-corrected chi connectivity index (χ3v) is 2.43. The second kappa shape index (κ2) is 4.39. The molecule has 5 nitrogen and oxygen atoms in total. The fourth-order valence-corrected chi connectivity index (χ4v) is 1.55. The number of hydrogen-bond acceptors (Lipinski definition) is 4. The van der Waals surface area contributed by atoms with E-state index in [4.69, 9.17) is 5.73 Å². The fourth-order valence-electron chi connectivity index (χ4n) is 1.29. The van der Waals surface area contributed by atoms with Crippen molar-refractivity contribution in [3.05, 3.63) is 18.1 Å². The van der Waals surface area contributed by atoms with Gasteiger partial charge in [-0.05, 0) is 12.5 Å². The summed E-state index contributed by atoms with van der Waals surface area (Å²) < 4.78 is 0. The van der Waals surface area contributed by atoms with Crippen molar-refractivity contribution in [2.24, 2.45) is 0 Å². The van der Waals surface area contributed by atoms with E-state index in [-0.39, 0.29) is 0 Å². The average Bonchev–Trinajstić information content (AvgIpc) is 2.63. The molecule has 0 aliphatic heterocycles. The number of alkyl halides is 1. The highest BCUT2D eigenvalue weighted by atomic mass is 79.9. The number of nitrogens with one attached hydrogen (secondary N) is 1. The van der Waals surface area contributed by atoms with Crippen LogP contribution in [0.5, 0.6) is 0 Å². The Kier molecular flexibility index (Phi) is 2.96. The number of nitrogen functional groups attached to an aromatic ring is 1. The third kappa shape index (κ3) is 1.99. The molecule has 3 N–H and O–H groups in total. The van der Waals surface area contributed by atoms with E-state index in [0.29, 0.717) is 11.5 Å². The summed E-state index contributed by atoms with van der Waals surface area (Å²) in [7, 11) is 0. The standard InChI is InChI=1S/C9H10BrN5/c10-4-2-1-3-6-7-8(11)12-5-13-9(7)15-14-6/h1,3,5H,2,4H2,(H3,11,12,13,14,15). The van der Waals surface area contributed by atoms with Crippen molar-refractivity contribution in [1.82, 2.24) is 20.2 Å². The molecule has 0 fully saturated rings. The molecule has 2 rings (SSSR count). The predicted octanol–water partition coefficient (Wildman–Crippen LogP) is 1.73. The second-order valence-electron chi connectivity index (χ2n) is 2.97. The Bertz CT molecular complexity index is 490. The molecular formula is C9H10BrN5. The number of aromatic nitrogens is 4. The van der Waals surface area contributed by atoms with Gasteiger partial charge in [-0.3, -0.25) is 5.10 Å². The van der Waals surface area contributed by atoms with E-state index in [1.807, 2.05) is 12.2 Å². The molecule has 0 aliphatic carbocycles. The van der Waals surface area contributed by atoms with E-state index in [1.54, 1.807) is 0 Å². The first-order valence-corrected chi connectivity index (χ1v) is 5.62. The van der Waals surface area contributed by atoms with Crippen molar-refractivity contribution in [1.29, 1.82) is 0 Å². The Morgan fingerprint density at radius 2 is 2.33 bits per heavy atom. The summed E-state index contributed by atoms with van der Waals surface area (Å²) >= 11 is 3.35. The summed E-state index contributed by atoms with van der Waals surface area (Å²) in [6.07, 6.45) is 6.34. The SMILES string of the molecule is Nc1ncnc2n[nH]c(C=CCCBr)c12. The highest BCUT2D eigenvalue weighted by Gasteiger charge is 2.07. The normalized spacial score (nSPS) is 11.5. The second-order valence-corrected chi connectivity index (χ2v) is 3.77. The number of anilines is 1. The van der Waals surface area contributed by atoms with Crippen LogP contribution in [0.25, 0.3) is 17.1 Å². The zero-order valence-corrected chi connectivity index (χ0v) is 9.53. The first-order chi connectivity index (χ1) is 7.33. The van der Waals surface area contributed by atoms with Crippen LogP contribution >= 0.6 is 15.9 Å². The van der Waals surface area contributed by atoms with Gasteiger partial charge in [0.2, 0.25) is 0 Å². The van der Waals surface area contributed by atoms with E-state index in [2.05, 4.69) is 36.1 Å². The Morgan fingerprint density at radius 3 is 3.13 bits per heavy atom. The minimum atomic E-state index is 0.451. The maximum absolute atomic E-state index is 5.75. The van der Waals surface area contributed by atoms with Crippen LogP contribution in [0.3, 0.4) is 0 Å². The number of H-pyrrole nitrogens is 1. The molecule has 0 saturated heterocycles. The van der Waals surface area contributed by atoms with Gasteiger partial charge in [0.15, 0.2) is 5.65 Å². The monoisotopic (exact) mass is 267 g/mol. The van der Waals surface area contributed by atoms with E-state index >= 15 is 0 Å². The van der Waals surface area contributed by atoms with Crippen molar-refractivity contribution >= 4 is 38.9 Å². The van der Waals surface area contributed by atoms with Crippen molar-refractivity contribution in [2.75, 3.05) is 11.1 Å². The number of aromatic amines is 1. The molecule has 0 spiro atoms. The van der Waals surface area contributed by atoms with Gasteiger partial charge in [-0.25, -0.2) is 9.97 Å². The molecular weight excluding hydrogens is 258 g/mol. The Labute approximate surface area is 94.9 Å². The third-order valence-electron chi connectivity index (χ3n) is 1.97. The van der Waals surface area contributed by atoms with Crippen molar-refractivity contribution in [3.8, 4) is 0 Å². The maximum Gasteiger partial charge on any atom is 0.186 e. The number of hydrogen-bond donors (Lipinski definition) is 2. The molecule has 0 amide bonds. The molecule has 15 heavy (non-hydrogen) atoms. The number of nitrogens with two attached hydrogens (primary N) is 1. The van der Waals surface area contributed by atoms with Gasteiger partial charge in [0.25, 0.3) is 0 Å². The summed E-state index contributed by atoms with van der Waals surface area (Å²) in [6, 6.07) is 0. The minimum absolute atomic E-state index is 0.451. The van der Waals surface area contributed by atoms with Crippen LogP contribution in [0.4, 0.5) is 5.82 Å². The van der Waals surface area contributed by atoms with Gasteiger partial charge in [-0.1, -0.05) is 22.0 Å². The first kappa shape index (κ1) is 10.1. The van der Waals surface area contributed by atoms with E-state index in [9.17, 15) is 0 Å². The summed E-state index contributed by atoms with van der Waals surface area (Å²) in [6.45, 7) is 0. The fraction of sp³-hybridized carbons (Fsp3) is 0.222. The van der Waals surface area contributed by atoms with Gasteiger partial charge in [0, 0.05) is 5.33 Å². The summed E-state index contributed by atoms with van der Waals surface area (Å²) in [5, 5.41) is 8.63. The van der Waals surface area contributed by atoms with E-state index < -0.39 is 0 Å². The predicted molar refractivity (Wildman–Crippen MR) is 63.5 cm³/mol. The number of rotatable bonds is 3. The van der Waals surface area contributed by atoms with Crippen LogP contribution in [0.15, 0.2) is 12.4 Å². The lowest BCUT2D eigenvalue weighted by Gasteiger charge is -1.93. The molecule has 78 valence electrons. The lowest BCUT2D eigenvalue weighted by molar-refractivity contribution is 1.08. The Morgan fingerprint density at radius 1 is 1.47 bits per heavy atom. The largest absolute Gasteiger partial charge is 0.383 e. The van der Waals surface area contributed by atoms with Crippen molar-refractivity contribution in [2.45, 2.75) is 6.42 Å². The quantitative estimate of drug-likeness (QED) is 0.831. The molecule has 0 atom stereocenters. The van der Waals surface area contributed by atoms with Crippen LogP contribution in [0.1, 0.15) is 12.1 Å². The van der Waals surface area contributed by atoms with E-state index in [1.165, 1.54) is 6.33 Å². The summed E-state index contributed by atoms with van der Waals surface area (Å²) in [4.78, 5) is 7.95. The van der Waals surface area contributed by atoms with Gasteiger partial charge >= 0.3 is 0 Å². The van der Waals surface area contributed by atoms with E-state index in [0.717, 1.165) is 22.8 Å². The summed E-state index contributed by atoms with van der Waals surface area (Å²) in [5.41, 5.74) is 7.20. The van der Waals surface area contributed by atoms with Crippen LogP contribution in [-0.4, -0.2) is 25.5 Å². The molecule has 0 aromatic carbocycles.